The van der Waals surface area contributed by atoms with Crippen LogP contribution >= 0.6 is 27.5 Å². The number of nitrogens with one attached hydrogen (secondary N) is 1. The van der Waals surface area contributed by atoms with Gasteiger partial charge in [-0.1, -0.05) is 27.5 Å². The van der Waals surface area contributed by atoms with Crippen molar-refractivity contribution >= 4 is 50.2 Å². The Morgan fingerprint density at radius 1 is 1.27 bits per heavy atom. The van der Waals surface area contributed by atoms with Crippen molar-refractivity contribution in [1.82, 2.24) is 4.57 Å². The number of anilines is 1. The van der Waals surface area contributed by atoms with Gasteiger partial charge < -0.3 is 9.73 Å². The zero-order valence-electron chi connectivity index (χ0n) is 11.4. The molecular weight excluding hydrogens is 372 g/mol. The van der Waals surface area contributed by atoms with E-state index in [0.29, 0.717) is 27.4 Å². The minimum atomic E-state index is -0.450. The Bertz CT molecular complexity index is 946. The van der Waals surface area contributed by atoms with Gasteiger partial charge in [-0.15, -0.1) is 0 Å². The number of fused-ring (bicyclic) bond motifs is 1. The third kappa shape index (κ3) is 2.67. The first-order valence-corrected chi connectivity index (χ1v) is 7.49. The summed E-state index contributed by atoms with van der Waals surface area (Å²) in [6.07, 6.45) is 0. The van der Waals surface area contributed by atoms with Crippen molar-refractivity contribution in [3.8, 4) is 0 Å². The zero-order chi connectivity index (χ0) is 15.9. The summed E-state index contributed by atoms with van der Waals surface area (Å²) in [4.78, 5) is 23.8. The number of hydrogen-bond donors (Lipinski definition) is 1. The number of amides is 1. The zero-order valence-corrected chi connectivity index (χ0v) is 13.7. The van der Waals surface area contributed by atoms with Crippen LogP contribution in [0.4, 0.5) is 5.69 Å². The Labute approximate surface area is 138 Å². The first-order valence-electron chi connectivity index (χ1n) is 6.31. The van der Waals surface area contributed by atoms with Gasteiger partial charge in [0.05, 0.1) is 16.1 Å². The van der Waals surface area contributed by atoms with E-state index in [1.807, 2.05) is 0 Å². The molecule has 22 heavy (non-hydrogen) atoms. The van der Waals surface area contributed by atoms with Crippen LogP contribution in [-0.2, 0) is 7.05 Å². The van der Waals surface area contributed by atoms with Gasteiger partial charge in [0.15, 0.2) is 5.58 Å². The van der Waals surface area contributed by atoms with Crippen molar-refractivity contribution in [3.05, 3.63) is 62.0 Å². The van der Waals surface area contributed by atoms with Crippen molar-refractivity contribution in [2.45, 2.75) is 0 Å². The summed E-state index contributed by atoms with van der Waals surface area (Å²) in [5.74, 6) is -0.785. The Morgan fingerprint density at radius 3 is 2.82 bits per heavy atom. The van der Waals surface area contributed by atoms with Gasteiger partial charge in [-0.2, -0.15) is 0 Å². The van der Waals surface area contributed by atoms with Gasteiger partial charge >= 0.3 is 5.76 Å². The largest absolute Gasteiger partial charge is 0.419 e. The number of hydrogen-bond acceptors (Lipinski definition) is 3. The van der Waals surface area contributed by atoms with Crippen LogP contribution in [-0.4, -0.2) is 10.5 Å². The van der Waals surface area contributed by atoms with Crippen LogP contribution in [0.3, 0.4) is 0 Å². The van der Waals surface area contributed by atoms with E-state index in [9.17, 15) is 9.59 Å². The lowest BCUT2D eigenvalue weighted by Gasteiger charge is -2.07. The molecule has 0 fully saturated rings. The molecule has 0 unspecified atom stereocenters. The smallest absolute Gasteiger partial charge is 0.408 e. The highest BCUT2D eigenvalue weighted by atomic mass is 79.9. The van der Waals surface area contributed by atoms with E-state index in [-0.39, 0.29) is 5.91 Å². The summed E-state index contributed by atoms with van der Waals surface area (Å²) in [7, 11) is 1.60. The maximum Gasteiger partial charge on any atom is 0.419 e. The van der Waals surface area contributed by atoms with Crippen molar-refractivity contribution in [1.29, 1.82) is 0 Å². The van der Waals surface area contributed by atoms with Crippen LogP contribution in [0.25, 0.3) is 11.1 Å². The van der Waals surface area contributed by atoms with Gasteiger partial charge in [-0.05, 0) is 36.4 Å². The van der Waals surface area contributed by atoms with E-state index in [1.54, 1.807) is 43.4 Å². The molecule has 0 spiro atoms. The van der Waals surface area contributed by atoms with Crippen molar-refractivity contribution < 1.29 is 9.21 Å². The number of aromatic nitrogens is 1. The molecule has 0 atom stereocenters. The molecule has 1 amide bonds. The third-order valence-corrected chi connectivity index (χ3v) is 4.05. The number of rotatable bonds is 2. The Hall–Kier alpha value is -2.05. The lowest BCUT2D eigenvalue weighted by atomic mass is 10.2. The van der Waals surface area contributed by atoms with Crippen molar-refractivity contribution in [2.75, 3.05) is 5.32 Å². The number of halogens is 2. The third-order valence-electron chi connectivity index (χ3n) is 3.22. The second-order valence-corrected chi connectivity index (χ2v) is 6.01. The number of nitrogens with zero attached hydrogens (tertiary/aromatic N) is 1. The van der Waals surface area contributed by atoms with Gasteiger partial charge in [0.2, 0.25) is 0 Å². The summed E-state index contributed by atoms with van der Waals surface area (Å²) >= 11 is 9.34. The molecule has 0 bridgehead atoms. The van der Waals surface area contributed by atoms with Crippen LogP contribution in [0.5, 0.6) is 0 Å². The molecule has 0 saturated heterocycles. The molecule has 1 heterocycles. The van der Waals surface area contributed by atoms with E-state index < -0.39 is 5.76 Å². The molecule has 2 aromatic carbocycles. The average molecular weight is 382 g/mol. The summed E-state index contributed by atoms with van der Waals surface area (Å²) in [6.45, 7) is 0. The number of benzene rings is 2. The number of carbonyl (C=O) groups excluding carboxylic acids is 1. The van der Waals surface area contributed by atoms with Gasteiger partial charge in [-0.3, -0.25) is 9.36 Å². The summed E-state index contributed by atoms with van der Waals surface area (Å²) in [6, 6.07) is 10.0. The molecular formula is C15H10BrClN2O3. The molecule has 1 aromatic heterocycles. The summed E-state index contributed by atoms with van der Waals surface area (Å²) in [5.41, 5.74) is 1.97. The fraction of sp³-hybridized carbons (Fsp3) is 0.0667. The molecule has 3 aromatic rings. The summed E-state index contributed by atoms with van der Waals surface area (Å²) in [5, 5.41) is 3.11. The van der Waals surface area contributed by atoms with Gasteiger partial charge in [-0.25, -0.2) is 4.79 Å². The normalized spacial score (nSPS) is 10.9. The molecule has 0 aliphatic carbocycles. The molecule has 112 valence electrons. The van der Waals surface area contributed by atoms with E-state index in [2.05, 4.69) is 21.2 Å². The maximum absolute atomic E-state index is 12.3. The molecule has 1 N–H and O–H groups in total. The average Bonchev–Trinajstić information content (AvgIpc) is 2.77. The summed E-state index contributed by atoms with van der Waals surface area (Å²) < 4.78 is 7.18. The molecule has 0 saturated carbocycles. The fourth-order valence-electron chi connectivity index (χ4n) is 2.07. The van der Waals surface area contributed by atoms with Crippen LogP contribution < -0.4 is 11.1 Å². The van der Waals surface area contributed by atoms with Gasteiger partial charge in [0.25, 0.3) is 5.91 Å². The maximum atomic E-state index is 12.3. The highest BCUT2D eigenvalue weighted by Crippen LogP contribution is 2.23. The van der Waals surface area contributed by atoms with Crippen LogP contribution in [0.1, 0.15) is 10.4 Å². The van der Waals surface area contributed by atoms with E-state index >= 15 is 0 Å². The minimum Gasteiger partial charge on any atom is -0.408 e. The standard InChI is InChI=1S/C15H10BrClN2O3/c1-19-12-7-9(3-5-13(12)22-15(19)21)18-14(20)10-6-8(16)2-4-11(10)17/h2-7H,1H3,(H,18,20). The highest BCUT2D eigenvalue weighted by molar-refractivity contribution is 9.10. The fourth-order valence-corrected chi connectivity index (χ4v) is 2.64. The lowest BCUT2D eigenvalue weighted by molar-refractivity contribution is 0.102. The molecule has 0 aliphatic rings. The predicted octanol–water partition coefficient (Wildman–Crippen LogP) is 3.80. The Balaban J connectivity index is 1.95. The van der Waals surface area contributed by atoms with Gasteiger partial charge in [0.1, 0.15) is 0 Å². The minimum absolute atomic E-state index is 0.334. The lowest BCUT2D eigenvalue weighted by Crippen LogP contribution is -2.13. The van der Waals surface area contributed by atoms with E-state index in [4.69, 9.17) is 16.0 Å². The molecule has 3 rings (SSSR count). The number of oxazole rings is 1. The second kappa shape index (κ2) is 5.62. The molecule has 7 heteroatoms. The van der Waals surface area contributed by atoms with Crippen LogP contribution in [0, 0.1) is 0 Å². The highest BCUT2D eigenvalue weighted by Gasteiger charge is 2.13. The SMILES string of the molecule is Cn1c(=O)oc2ccc(NC(=O)c3cc(Br)ccc3Cl)cc21. The van der Waals surface area contributed by atoms with E-state index in [0.717, 1.165) is 4.47 Å². The topological polar surface area (TPSA) is 64.2 Å². The monoisotopic (exact) mass is 380 g/mol. The van der Waals surface area contributed by atoms with E-state index in [1.165, 1.54) is 4.57 Å². The predicted molar refractivity (Wildman–Crippen MR) is 88.6 cm³/mol. The van der Waals surface area contributed by atoms with Gasteiger partial charge in [0, 0.05) is 17.2 Å². The Morgan fingerprint density at radius 2 is 2.05 bits per heavy atom. The van der Waals surface area contributed by atoms with Crippen molar-refractivity contribution in [2.24, 2.45) is 7.05 Å². The second-order valence-electron chi connectivity index (χ2n) is 4.69. The first kappa shape index (κ1) is 14.9. The quantitative estimate of drug-likeness (QED) is 0.734. The van der Waals surface area contributed by atoms with Crippen molar-refractivity contribution in [3.63, 3.8) is 0 Å². The first-order chi connectivity index (χ1) is 10.5. The number of carbonyl (C=O) groups is 1. The molecule has 0 aliphatic heterocycles. The molecule has 0 radical (unpaired) electrons. The van der Waals surface area contributed by atoms with Crippen LogP contribution in [0.15, 0.2) is 50.1 Å². The molecule has 5 nitrogen and oxygen atoms in total. The van der Waals surface area contributed by atoms with Crippen LogP contribution in [0.2, 0.25) is 5.02 Å². The Kier molecular flexibility index (Phi) is 3.80. The number of aryl methyl sites for hydroxylation is 1.